The SMILES string of the molecule is Cn1c(NC2=C(Cl)C=CC(CNC(=O)C(C)(C)C)(CC(F)(F)F)C2Cl)nc2cc(C(=O)O)c(N3CCC(F)(F)C3)cc21. The van der Waals surface area contributed by atoms with Crippen molar-refractivity contribution in [2.75, 3.05) is 29.9 Å². The molecule has 15 heteroatoms. The molecule has 2 atom stereocenters. The second-order valence-corrected chi connectivity index (χ2v) is 12.6. The van der Waals surface area contributed by atoms with Crippen LogP contribution in [0.25, 0.3) is 11.0 Å². The van der Waals surface area contributed by atoms with E-state index in [1.165, 1.54) is 33.8 Å². The minimum atomic E-state index is -4.65. The van der Waals surface area contributed by atoms with Gasteiger partial charge in [-0.25, -0.2) is 18.6 Å². The number of hydrogen-bond donors (Lipinski definition) is 3. The number of alkyl halides is 6. The van der Waals surface area contributed by atoms with Crippen LogP contribution in [-0.2, 0) is 11.8 Å². The average Bonchev–Trinajstić information content (AvgIpc) is 3.38. The Labute approximate surface area is 248 Å². The van der Waals surface area contributed by atoms with Gasteiger partial charge >= 0.3 is 12.1 Å². The summed E-state index contributed by atoms with van der Waals surface area (Å²) in [5.74, 6) is -4.70. The summed E-state index contributed by atoms with van der Waals surface area (Å²) >= 11 is 13.1. The quantitative estimate of drug-likeness (QED) is 0.245. The van der Waals surface area contributed by atoms with Crippen LogP contribution in [0.15, 0.2) is 35.0 Å². The van der Waals surface area contributed by atoms with E-state index in [0.717, 1.165) is 0 Å². The highest BCUT2D eigenvalue weighted by molar-refractivity contribution is 6.33. The van der Waals surface area contributed by atoms with Gasteiger partial charge in [-0.3, -0.25) is 4.79 Å². The Bertz CT molecular complexity index is 1480. The van der Waals surface area contributed by atoms with Crippen LogP contribution in [0.2, 0.25) is 0 Å². The molecule has 42 heavy (non-hydrogen) atoms. The van der Waals surface area contributed by atoms with E-state index in [1.807, 2.05) is 0 Å². The number of aromatic carboxylic acids is 1. The van der Waals surface area contributed by atoms with Gasteiger partial charge in [0.2, 0.25) is 11.9 Å². The molecule has 230 valence electrons. The van der Waals surface area contributed by atoms with Crippen LogP contribution in [0.5, 0.6) is 0 Å². The number of imidazole rings is 1. The summed E-state index contributed by atoms with van der Waals surface area (Å²) in [6, 6.07) is 2.68. The Morgan fingerprint density at radius 1 is 1.21 bits per heavy atom. The lowest BCUT2D eigenvalue weighted by molar-refractivity contribution is -0.153. The van der Waals surface area contributed by atoms with Gasteiger partial charge < -0.3 is 25.2 Å². The molecule has 0 bridgehead atoms. The number of rotatable bonds is 7. The molecule has 0 saturated carbocycles. The van der Waals surface area contributed by atoms with Crippen molar-refractivity contribution in [3.8, 4) is 0 Å². The van der Waals surface area contributed by atoms with Crippen molar-refractivity contribution in [2.24, 2.45) is 17.9 Å². The number of carboxylic acids is 1. The van der Waals surface area contributed by atoms with Gasteiger partial charge in [0.15, 0.2) is 0 Å². The lowest BCUT2D eigenvalue weighted by atomic mass is 9.76. The number of halogens is 7. The third-order valence-electron chi connectivity index (χ3n) is 7.35. The molecular formula is C27H30Cl2F5N5O3. The minimum Gasteiger partial charge on any atom is -0.478 e. The zero-order valence-electron chi connectivity index (χ0n) is 23.2. The number of nitrogens with zero attached hydrogens (tertiary/aromatic N) is 3. The third kappa shape index (κ3) is 6.46. The molecule has 0 spiro atoms. The monoisotopic (exact) mass is 637 g/mol. The van der Waals surface area contributed by atoms with E-state index >= 15 is 0 Å². The Morgan fingerprint density at radius 3 is 2.43 bits per heavy atom. The number of amides is 1. The Hall–Kier alpha value is -3.06. The van der Waals surface area contributed by atoms with Crippen molar-refractivity contribution >= 4 is 57.7 Å². The lowest BCUT2D eigenvalue weighted by Gasteiger charge is -2.40. The molecule has 2 aromatic rings. The number of aromatic nitrogens is 2. The fraction of sp³-hybridized carbons (Fsp3) is 0.519. The minimum absolute atomic E-state index is 0.00761. The van der Waals surface area contributed by atoms with Crippen LogP contribution in [0.1, 0.15) is 44.0 Å². The maximum Gasteiger partial charge on any atom is 0.390 e. The van der Waals surface area contributed by atoms with Crippen LogP contribution in [-0.4, -0.2) is 63.6 Å². The summed E-state index contributed by atoms with van der Waals surface area (Å²) in [6.45, 7) is 3.75. The predicted octanol–water partition coefficient (Wildman–Crippen LogP) is 6.26. The van der Waals surface area contributed by atoms with Gasteiger partial charge in [0.25, 0.3) is 5.92 Å². The number of benzene rings is 1. The molecule has 1 aliphatic heterocycles. The Balaban J connectivity index is 1.71. The topological polar surface area (TPSA) is 99.5 Å². The number of carbonyl (C=O) groups is 2. The predicted molar refractivity (Wildman–Crippen MR) is 150 cm³/mol. The van der Waals surface area contributed by atoms with Crippen LogP contribution < -0.4 is 15.5 Å². The molecule has 1 fully saturated rings. The highest BCUT2D eigenvalue weighted by atomic mass is 35.5. The van der Waals surface area contributed by atoms with Gasteiger partial charge in [-0.1, -0.05) is 38.4 Å². The Kier molecular flexibility index (Phi) is 8.26. The van der Waals surface area contributed by atoms with Crippen molar-refractivity contribution in [2.45, 2.75) is 51.1 Å². The number of nitrogens with one attached hydrogen (secondary N) is 2. The summed E-state index contributed by atoms with van der Waals surface area (Å²) < 4.78 is 70.7. The van der Waals surface area contributed by atoms with Gasteiger partial charge in [-0.05, 0) is 18.2 Å². The number of fused-ring (bicyclic) bond motifs is 1. The lowest BCUT2D eigenvalue weighted by Crippen LogP contribution is -2.49. The number of anilines is 2. The van der Waals surface area contributed by atoms with Crippen molar-refractivity contribution < 1.29 is 36.6 Å². The van der Waals surface area contributed by atoms with E-state index in [4.69, 9.17) is 23.2 Å². The summed E-state index contributed by atoms with van der Waals surface area (Å²) in [6.07, 6.45) is -3.92. The molecule has 1 aromatic heterocycles. The number of hydrogen-bond acceptors (Lipinski definition) is 5. The van der Waals surface area contributed by atoms with Gasteiger partial charge in [0, 0.05) is 37.4 Å². The normalized spacial score (nSPS) is 22.6. The van der Waals surface area contributed by atoms with E-state index in [1.54, 1.807) is 27.8 Å². The molecule has 2 heterocycles. The van der Waals surface area contributed by atoms with E-state index in [-0.39, 0.29) is 40.0 Å². The smallest absolute Gasteiger partial charge is 0.390 e. The first-order valence-corrected chi connectivity index (χ1v) is 13.8. The van der Waals surface area contributed by atoms with Gasteiger partial charge in [-0.15, -0.1) is 11.6 Å². The first-order chi connectivity index (χ1) is 19.2. The molecule has 1 aromatic carbocycles. The van der Waals surface area contributed by atoms with E-state index in [0.29, 0.717) is 5.52 Å². The molecule has 2 aliphatic rings. The molecule has 4 rings (SSSR count). The number of carbonyl (C=O) groups excluding carboxylic acids is 1. The van der Waals surface area contributed by atoms with E-state index in [9.17, 15) is 36.6 Å². The fourth-order valence-corrected chi connectivity index (χ4v) is 5.70. The molecule has 1 saturated heterocycles. The van der Waals surface area contributed by atoms with Crippen molar-refractivity contribution in [3.63, 3.8) is 0 Å². The average molecular weight is 638 g/mol. The number of aryl methyl sites for hydroxylation is 1. The third-order valence-corrected chi connectivity index (χ3v) is 8.33. The molecule has 3 N–H and O–H groups in total. The van der Waals surface area contributed by atoms with Crippen LogP contribution >= 0.6 is 23.2 Å². The summed E-state index contributed by atoms with van der Waals surface area (Å²) in [7, 11) is 1.56. The first-order valence-electron chi connectivity index (χ1n) is 12.9. The zero-order chi connectivity index (χ0) is 31.4. The standard InChI is InChI=1S/C27H30Cl2F5N5O3/c1-24(2,3)22(42)35-12-25(11-27(32,33)34)6-5-15(28)19(20(25)29)37-23-36-16-9-14(21(40)41)17(10-18(16)38(23)4)39-8-7-26(30,31)13-39/h5-6,9-10,20H,7-8,11-13H2,1-4H3,(H,35,42)(H,36,37)(H,40,41). The summed E-state index contributed by atoms with van der Waals surface area (Å²) in [5, 5.41) is 13.9. The molecule has 0 radical (unpaired) electrons. The van der Waals surface area contributed by atoms with Gasteiger partial charge in [0.1, 0.15) is 0 Å². The number of allylic oxidation sites excluding steroid dienone is 3. The van der Waals surface area contributed by atoms with E-state index in [2.05, 4.69) is 15.6 Å². The highest BCUT2D eigenvalue weighted by Crippen LogP contribution is 2.46. The summed E-state index contributed by atoms with van der Waals surface area (Å²) in [4.78, 5) is 30.2. The van der Waals surface area contributed by atoms with Crippen LogP contribution in [0, 0.1) is 10.8 Å². The van der Waals surface area contributed by atoms with Crippen molar-refractivity contribution in [1.29, 1.82) is 0 Å². The molecule has 2 unspecified atom stereocenters. The molecule has 1 amide bonds. The second kappa shape index (κ2) is 10.9. The molecule has 1 aliphatic carbocycles. The molecular weight excluding hydrogens is 608 g/mol. The fourth-order valence-electron chi connectivity index (χ4n) is 5.02. The number of carboxylic acid groups (broad SMARTS) is 1. The van der Waals surface area contributed by atoms with Crippen molar-refractivity contribution in [1.82, 2.24) is 14.9 Å². The van der Waals surface area contributed by atoms with Crippen molar-refractivity contribution in [3.05, 3.63) is 40.6 Å². The zero-order valence-corrected chi connectivity index (χ0v) is 24.7. The largest absolute Gasteiger partial charge is 0.478 e. The second-order valence-electron chi connectivity index (χ2n) is 11.7. The Morgan fingerprint density at radius 2 is 1.88 bits per heavy atom. The molecule has 8 nitrogen and oxygen atoms in total. The maximum atomic E-state index is 13.9. The summed E-state index contributed by atoms with van der Waals surface area (Å²) in [5.41, 5.74) is -2.24. The van der Waals surface area contributed by atoms with Gasteiger partial charge in [0.05, 0.1) is 51.4 Å². The van der Waals surface area contributed by atoms with Crippen LogP contribution in [0.4, 0.5) is 33.6 Å². The van der Waals surface area contributed by atoms with Crippen LogP contribution in [0.3, 0.4) is 0 Å². The highest BCUT2D eigenvalue weighted by Gasteiger charge is 2.49. The van der Waals surface area contributed by atoms with Gasteiger partial charge in [-0.2, -0.15) is 13.2 Å². The first kappa shape index (κ1) is 31.9. The maximum absolute atomic E-state index is 13.9. The van der Waals surface area contributed by atoms with E-state index < -0.39 is 66.1 Å².